The standard InChI is InChI=1S/C22H34N6O9/c1-11(2)7-16(21(35)27-15(22(36)37)4-6-18(31)32)28-20(34)14(3-5-17(29)30)26-19(33)13(23)8-12-9-24-10-25-12/h9-11,13-16H,3-8,23H2,1-2H3,(H,24,25)(H,26,33)(H,27,35)(H,28,34)(H,29,30)(H,31,32)(H,36,37). The molecule has 1 aromatic heterocycles. The molecule has 206 valence electrons. The van der Waals surface area contributed by atoms with Gasteiger partial charge in [0.05, 0.1) is 12.4 Å². The first-order valence-corrected chi connectivity index (χ1v) is 11.6. The van der Waals surface area contributed by atoms with Gasteiger partial charge in [0, 0.05) is 31.2 Å². The largest absolute Gasteiger partial charge is 0.481 e. The summed E-state index contributed by atoms with van der Waals surface area (Å²) in [6, 6.07) is -5.16. The normalized spacial score (nSPS) is 14.2. The molecule has 37 heavy (non-hydrogen) atoms. The number of carbonyl (C=O) groups is 6. The summed E-state index contributed by atoms with van der Waals surface area (Å²) in [5.74, 6) is -6.48. The number of nitrogens with one attached hydrogen (secondary N) is 4. The second-order valence-corrected chi connectivity index (χ2v) is 8.90. The number of rotatable bonds is 17. The molecule has 15 heteroatoms. The fourth-order valence-corrected chi connectivity index (χ4v) is 3.31. The minimum atomic E-state index is -1.50. The van der Waals surface area contributed by atoms with Crippen molar-refractivity contribution in [1.82, 2.24) is 25.9 Å². The highest BCUT2D eigenvalue weighted by atomic mass is 16.4. The zero-order valence-electron chi connectivity index (χ0n) is 20.6. The first-order chi connectivity index (χ1) is 17.3. The zero-order valence-corrected chi connectivity index (χ0v) is 20.6. The Morgan fingerprint density at radius 1 is 0.865 bits per heavy atom. The number of carboxylic acid groups (broad SMARTS) is 3. The molecule has 0 saturated carbocycles. The van der Waals surface area contributed by atoms with E-state index in [1.54, 1.807) is 13.8 Å². The fraction of sp³-hybridized carbons (Fsp3) is 0.591. The summed E-state index contributed by atoms with van der Waals surface area (Å²) >= 11 is 0. The maximum absolute atomic E-state index is 13.0. The number of hydrogen-bond acceptors (Lipinski definition) is 8. The molecule has 0 aliphatic carbocycles. The number of imidazole rings is 1. The molecule has 3 amide bonds. The van der Waals surface area contributed by atoms with Gasteiger partial charge in [0.2, 0.25) is 17.7 Å². The number of nitrogens with zero attached hydrogens (tertiary/aromatic N) is 1. The monoisotopic (exact) mass is 526 g/mol. The molecule has 15 nitrogen and oxygen atoms in total. The van der Waals surface area contributed by atoms with E-state index in [4.69, 9.17) is 15.9 Å². The molecule has 0 saturated heterocycles. The Hall–Kier alpha value is -4.01. The van der Waals surface area contributed by atoms with Gasteiger partial charge in [-0.3, -0.25) is 24.0 Å². The van der Waals surface area contributed by atoms with Gasteiger partial charge in [0.25, 0.3) is 0 Å². The van der Waals surface area contributed by atoms with Crippen molar-refractivity contribution in [3.63, 3.8) is 0 Å². The van der Waals surface area contributed by atoms with Gasteiger partial charge in [-0.05, 0) is 25.2 Å². The lowest BCUT2D eigenvalue weighted by Crippen LogP contribution is -2.57. The number of carbonyl (C=O) groups excluding carboxylic acids is 3. The summed E-state index contributed by atoms with van der Waals surface area (Å²) in [4.78, 5) is 78.4. The minimum absolute atomic E-state index is 0.0738. The fourth-order valence-electron chi connectivity index (χ4n) is 3.31. The number of aliphatic carboxylic acids is 3. The Kier molecular flexibility index (Phi) is 12.7. The lowest BCUT2D eigenvalue weighted by molar-refractivity contribution is -0.143. The molecule has 0 spiro atoms. The van der Waals surface area contributed by atoms with Gasteiger partial charge in [0.15, 0.2) is 0 Å². The van der Waals surface area contributed by atoms with E-state index < -0.39 is 72.6 Å². The summed E-state index contributed by atoms with van der Waals surface area (Å²) in [5.41, 5.74) is 6.46. The van der Waals surface area contributed by atoms with E-state index in [9.17, 15) is 33.9 Å². The van der Waals surface area contributed by atoms with Crippen LogP contribution in [0.15, 0.2) is 12.5 Å². The quantitative estimate of drug-likeness (QED) is 0.117. The smallest absolute Gasteiger partial charge is 0.326 e. The summed E-state index contributed by atoms with van der Waals surface area (Å²) in [5, 5.41) is 34.3. The van der Waals surface area contributed by atoms with Gasteiger partial charge in [-0.25, -0.2) is 9.78 Å². The van der Waals surface area contributed by atoms with E-state index in [1.807, 2.05) is 0 Å². The molecule has 0 aromatic carbocycles. The molecule has 0 radical (unpaired) electrons. The van der Waals surface area contributed by atoms with Crippen LogP contribution < -0.4 is 21.7 Å². The van der Waals surface area contributed by atoms with Crippen LogP contribution in [-0.4, -0.2) is 85.1 Å². The third-order valence-corrected chi connectivity index (χ3v) is 5.21. The lowest BCUT2D eigenvalue weighted by atomic mass is 10.0. The third-order valence-electron chi connectivity index (χ3n) is 5.21. The maximum atomic E-state index is 13.0. The Bertz CT molecular complexity index is 950. The van der Waals surface area contributed by atoms with Crippen molar-refractivity contribution in [3.05, 3.63) is 18.2 Å². The van der Waals surface area contributed by atoms with Crippen molar-refractivity contribution in [2.45, 2.75) is 76.5 Å². The molecule has 1 aromatic rings. The van der Waals surface area contributed by atoms with Crippen molar-refractivity contribution in [3.8, 4) is 0 Å². The summed E-state index contributed by atoms with van der Waals surface area (Å²) < 4.78 is 0. The molecular weight excluding hydrogens is 492 g/mol. The molecule has 0 aliphatic rings. The maximum Gasteiger partial charge on any atom is 0.326 e. The van der Waals surface area contributed by atoms with E-state index >= 15 is 0 Å². The van der Waals surface area contributed by atoms with Crippen LogP contribution in [0, 0.1) is 5.92 Å². The van der Waals surface area contributed by atoms with Crippen LogP contribution in [0.1, 0.15) is 51.6 Å². The number of amides is 3. The van der Waals surface area contributed by atoms with Gasteiger partial charge in [-0.15, -0.1) is 0 Å². The van der Waals surface area contributed by atoms with E-state index in [2.05, 4.69) is 25.9 Å². The molecule has 4 unspecified atom stereocenters. The second-order valence-electron chi connectivity index (χ2n) is 8.90. The number of H-pyrrole nitrogens is 1. The van der Waals surface area contributed by atoms with Gasteiger partial charge < -0.3 is 42.0 Å². The number of aromatic nitrogens is 2. The number of carboxylic acids is 3. The number of nitrogens with two attached hydrogens (primary N) is 1. The van der Waals surface area contributed by atoms with E-state index in [0.29, 0.717) is 5.69 Å². The molecule has 1 heterocycles. The molecule has 4 atom stereocenters. The molecule has 1 rings (SSSR count). The van der Waals surface area contributed by atoms with Gasteiger partial charge in [-0.1, -0.05) is 13.8 Å². The minimum Gasteiger partial charge on any atom is -0.481 e. The SMILES string of the molecule is CC(C)CC(NC(=O)C(CCC(=O)O)NC(=O)C(N)Cc1cnc[nH]1)C(=O)NC(CCC(=O)O)C(=O)O. The van der Waals surface area contributed by atoms with E-state index in [0.717, 1.165) is 0 Å². The highest BCUT2D eigenvalue weighted by molar-refractivity contribution is 5.94. The van der Waals surface area contributed by atoms with Crippen molar-refractivity contribution in [2.24, 2.45) is 11.7 Å². The van der Waals surface area contributed by atoms with Crippen LogP contribution in [0.25, 0.3) is 0 Å². The molecular formula is C22H34N6O9. The number of aromatic amines is 1. The van der Waals surface area contributed by atoms with Crippen molar-refractivity contribution >= 4 is 35.6 Å². The third kappa shape index (κ3) is 12.0. The Labute approximate surface area is 212 Å². The van der Waals surface area contributed by atoms with Crippen LogP contribution in [0.4, 0.5) is 0 Å². The topological polar surface area (TPSA) is 254 Å². The Morgan fingerprint density at radius 3 is 1.86 bits per heavy atom. The van der Waals surface area contributed by atoms with Crippen molar-refractivity contribution in [1.29, 1.82) is 0 Å². The summed E-state index contributed by atoms with van der Waals surface area (Å²) in [6.07, 6.45) is 1.40. The average Bonchev–Trinajstić information content (AvgIpc) is 3.30. The molecule has 9 N–H and O–H groups in total. The van der Waals surface area contributed by atoms with E-state index in [1.165, 1.54) is 12.5 Å². The average molecular weight is 527 g/mol. The Morgan fingerprint density at radius 2 is 1.38 bits per heavy atom. The first-order valence-electron chi connectivity index (χ1n) is 11.6. The van der Waals surface area contributed by atoms with Crippen LogP contribution >= 0.6 is 0 Å². The molecule has 0 fully saturated rings. The summed E-state index contributed by atoms with van der Waals surface area (Å²) in [6.45, 7) is 3.51. The van der Waals surface area contributed by atoms with Crippen LogP contribution in [0.2, 0.25) is 0 Å². The molecule has 0 aliphatic heterocycles. The predicted molar refractivity (Wildman–Crippen MR) is 127 cm³/mol. The van der Waals surface area contributed by atoms with Crippen molar-refractivity contribution < 1.29 is 44.1 Å². The predicted octanol–water partition coefficient (Wildman–Crippen LogP) is -1.41. The van der Waals surface area contributed by atoms with Gasteiger partial charge in [-0.2, -0.15) is 0 Å². The Balaban J connectivity index is 2.98. The lowest BCUT2D eigenvalue weighted by Gasteiger charge is -2.26. The van der Waals surface area contributed by atoms with Crippen LogP contribution in [0.3, 0.4) is 0 Å². The molecule has 0 bridgehead atoms. The highest BCUT2D eigenvalue weighted by Gasteiger charge is 2.31. The first kappa shape index (κ1) is 31.0. The zero-order chi connectivity index (χ0) is 28.1. The summed E-state index contributed by atoms with van der Waals surface area (Å²) in [7, 11) is 0. The van der Waals surface area contributed by atoms with Crippen LogP contribution in [-0.2, 0) is 35.2 Å². The van der Waals surface area contributed by atoms with Gasteiger partial charge in [0.1, 0.15) is 18.1 Å². The van der Waals surface area contributed by atoms with Crippen molar-refractivity contribution in [2.75, 3.05) is 0 Å². The van der Waals surface area contributed by atoms with E-state index in [-0.39, 0.29) is 31.6 Å². The van der Waals surface area contributed by atoms with Crippen LogP contribution in [0.5, 0.6) is 0 Å². The van der Waals surface area contributed by atoms with Gasteiger partial charge >= 0.3 is 17.9 Å². The highest BCUT2D eigenvalue weighted by Crippen LogP contribution is 2.09. The second kappa shape index (κ2) is 15.2. The number of hydrogen-bond donors (Lipinski definition) is 8.